The van der Waals surface area contributed by atoms with Gasteiger partial charge in [-0.05, 0) is 24.6 Å². The molecule has 0 radical (unpaired) electrons. The zero-order chi connectivity index (χ0) is 15.2. The van der Waals surface area contributed by atoms with Gasteiger partial charge in [-0.25, -0.2) is 0 Å². The van der Waals surface area contributed by atoms with Gasteiger partial charge in [0.2, 0.25) is 0 Å². The van der Waals surface area contributed by atoms with Crippen molar-refractivity contribution < 1.29 is 14.6 Å². The number of carbonyl (C=O) groups is 1. The molecule has 1 heterocycles. The van der Waals surface area contributed by atoms with Crippen LogP contribution in [0.3, 0.4) is 0 Å². The van der Waals surface area contributed by atoms with Gasteiger partial charge in [-0.15, -0.1) is 0 Å². The molecule has 0 saturated carbocycles. The Morgan fingerprint density at radius 2 is 2.19 bits per heavy atom. The van der Waals surface area contributed by atoms with Gasteiger partial charge < -0.3 is 15.2 Å². The molecule has 1 fully saturated rings. The maximum atomic E-state index is 12.1. The first kappa shape index (κ1) is 16.2. The third-order valence-corrected chi connectivity index (χ3v) is 3.99. The summed E-state index contributed by atoms with van der Waals surface area (Å²) in [4.78, 5) is 14.2. The van der Waals surface area contributed by atoms with Crippen LogP contribution < -0.4 is 5.32 Å². The minimum Gasteiger partial charge on any atom is -0.390 e. The Bertz CT molecular complexity index is 490. The van der Waals surface area contributed by atoms with Gasteiger partial charge in [0.25, 0.3) is 5.91 Å². The van der Waals surface area contributed by atoms with Crippen LogP contribution in [0, 0.1) is 6.92 Å². The van der Waals surface area contributed by atoms with Crippen molar-refractivity contribution in [2.75, 3.05) is 39.4 Å². The monoisotopic (exact) mass is 312 g/mol. The van der Waals surface area contributed by atoms with E-state index in [2.05, 4.69) is 10.2 Å². The average molecular weight is 313 g/mol. The predicted molar refractivity (Wildman–Crippen MR) is 81.8 cm³/mol. The highest BCUT2D eigenvalue weighted by molar-refractivity contribution is 6.31. The number of carbonyl (C=O) groups excluding carboxylic acids is 1. The third kappa shape index (κ3) is 4.68. The maximum absolute atomic E-state index is 12.1. The van der Waals surface area contributed by atoms with E-state index in [1.54, 1.807) is 25.1 Å². The third-order valence-electron chi connectivity index (χ3n) is 3.58. The van der Waals surface area contributed by atoms with Crippen LogP contribution in [0.4, 0.5) is 0 Å². The van der Waals surface area contributed by atoms with Crippen LogP contribution in [0.2, 0.25) is 5.02 Å². The van der Waals surface area contributed by atoms with E-state index in [4.69, 9.17) is 16.3 Å². The lowest BCUT2D eigenvalue weighted by Crippen LogP contribution is -2.44. The van der Waals surface area contributed by atoms with Gasteiger partial charge in [0.1, 0.15) is 0 Å². The zero-order valence-electron chi connectivity index (χ0n) is 12.1. The molecule has 2 N–H and O–H groups in total. The van der Waals surface area contributed by atoms with Crippen LogP contribution in [0.25, 0.3) is 0 Å². The van der Waals surface area contributed by atoms with Gasteiger partial charge >= 0.3 is 0 Å². The number of morpholine rings is 1. The van der Waals surface area contributed by atoms with Crippen molar-refractivity contribution >= 4 is 17.5 Å². The van der Waals surface area contributed by atoms with Gasteiger partial charge in [-0.3, -0.25) is 9.69 Å². The molecule has 1 amide bonds. The number of benzene rings is 1. The van der Waals surface area contributed by atoms with Gasteiger partial charge in [-0.1, -0.05) is 17.7 Å². The summed E-state index contributed by atoms with van der Waals surface area (Å²) in [6, 6.07) is 5.22. The molecule has 2 rings (SSSR count). The Balaban J connectivity index is 1.81. The van der Waals surface area contributed by atoms with Crippen LogP contribution in [-0.2, 0) is 4.74 Å². The summed E-state index contributed by atoms with van der Waals surface area (Å²) in [5.74, 6) is -0.212. The SMILES string of the molecule is Cc1c(Cl)cccc1C(=O)NC[C@@H](O)CN1CCOCC1. The molecule has 1 aromatic rings. The number of rotatable bonds is 5. The van der Waals surface area contributed by atoms with E-state index in [1.165, 1.54) is 0 Å². The van der Waals surface area contributed by atoms with E-state index in [-0.39, 0.29) is 12.5 Å². The van der Waals surface area contributed by atoms with Crippen molar-refractivity contribution in [3.63, 3.8) is 0 Å². The number of hydrogen-bond donors (Lipinski definition) is 2. The number of β-amino-alcohol motifs (C(OH)–C–C–N with tert-alkyl or cyclic N) is 1. The lowest BCUT2D eigenvalue weighted by Gasteiger charge is -2.28. The molecule has 1 saturated heterocycles. The second-order valence-electron chi connectivity index (χ2n) is 5.19. The minimum atomic E-state index is -0.591. The second-order valence-corrected chi connectivity index (χ2v) is 5.60. The maximum Gasteiger partial charge on any atom is 0.251 e. The molecule has 0 aromatic heterocycles. The molecule has 116 valence electrons. The quantitative estimate of drug-likeness (QED) is 0.854. The lowest BCUT2D eigenvalue weighted by atomic mass is 10.1. The molecule has 21 heavy (non-hydrogen) atoms. The first-order valence-electron chi connectivity index (χ1n) is 7.09. The fraction of sp³-hybridized carbons (Fsp3) is 0.533. The summed E-state index contributed by atoms with van der Waals surface area (Å²) in [7, 11) is 0. The van der Waals surface area contributed by atoms with Crippen LogP contribution in [0.15, 0.2) is 18.2 Å². The van der Waals surface area contributed by atoms with Gasteiger partial charge in [0.15, 0.2) is 0 Å². The van der Waals surface area contributed by atoms with Crippen molar-refractivity contribution in [2.45, 2.75) is 13.0 Å². The molecule has 1 aliphatic heterocycles. The topological polar surface area (TPSA) is 61.8 Å². The summed E-state index contributed by atoms with van der Waals surface area (Å²) in [6.07, 6.45) is -0.591. The fourth-order valence-corrected chi connectivity index (χ4v) is 2.48. The first-order chi connectivity index (χ1) is 10.1. The molecule has 5 nitrogen and oxygen atoms in total. The summed E-state index contributed by atoms with van der Waals surface area (Å²) in [5.41, 5.74) is 1.29. The number of nitrogens with one attached hydrogen (secondary N) is 1. The molecule has 0 bridgehead atoms. The molecule has 1 aliphatic rings. The van der Waals surface area contributed by atoms with E-state index < -0.39 is 6.10 Å². The second kappa shape index (κ2) is 7.75. The van der Waals surface area contributed by atoms with Crippen molar-refractivity contribution in [3.8, 4) is 0 Å². The summed E-state index contributed by atoms with van der Waals surface area (Å²) < 4.78 is 5.26. The largest absolute Gasteiger partial charge is 0.390 e. The molecule has 6 heteroatoms. The van der Waals surface area contributed by atoms with Crippen molar-refractivity contribution in [2.24, 2.45) is 0 Å². The average Bonchev–Trinajstić information content (AvgIpc) is 2.48. The lowest BCUT2D eigenvalue weighted by molar-refractivity contribution is 0.0149. The van der Waals surface area contributed by atoms with E-state index in [9.17, 15) is 9.90 Å². The standard InChI is InChI=1S/C15H21ClN2O3/c1-11-13(3-2-4-14(11)16)15(20)17-9-12(19)10-18-5-7-21-8-6-18/h2-4,12,19H,5-10H2,1H3,(H,17,20)/t12-/m1/s1. The number of nitrogens with zero attached hydrogens (tertiary/aromatic N) is 1. The number of hydrogen-bond acceptors (Lipinski definition) is 4. The highest BCUT2D eigenvalue weighted by Crippen LogP contribution is 2.18. The molecule has 0 unspecified atom stereocenters. The summed E-state index contributed by atoms with van der Waals surface area (Å²) in [6.45, 7) is 5.60. The van der Waals surface area contributed by atoms with Crippen molar-refractivity contribution in [3.05, 3.63) is 34.3 Å². The van der Waals surface area contributed by atoms with Crippen LogP contribution in [0.1, 0.15) is 15.9 Å². The Morgan fingerprint density at radius 1 is 1.48 bits per heavy atom. The Kier molecular flexibility index (Phi) is 5.99. The van der Waals surface area contributed by atoms with Gasteiger partial charge in [0.05, 0.1) is 19.3 Å². The molecular formula is C15H21ClN2O3. The summed E-state index contributed by atoms with van der Waals surface area (Å²) >= 11 is 6.00. The van der Waals surface area contributed by atoms with E-state index in [0.717, 1.165) is 18.7 Å². The van der Waals surface area contributed by atoms with E-state index in [0.29, 0.717) is 30.3 Å². The molecule has 1 atom stereocenters. The predicted octanol–water partition coefficient (Wildman–Crippen LogP) is 1.07. The molecule has 0 aliphatic carbocycles. The minimum absolute atomic E-state index is 0.212. The smallest absolute Gasteiger partial charge is 0.251 e. The van der Waals surface area contributed by atoms with E-state index >= 15 is 0 Å². The highest BCUT2D eigenvalue weighted by Gasteiger charge is 2.16. The molecular weight excluding hydrogens is 292 g/mol. The first-order valence-corrected chi connectivity index (χ1v) is 7.47. The van der Waals surface area contributed by atoms with Crippen LogP contribution >= 0.6 is 11.6 Å². The zero-order valence-corrected chi connectivity index (χ0v) is 12.9. The van der Waals surface area contributed by atoms with E-state index in [1.807, 2.05) is 0 Å². The van der Waals surface area contributed by atoms with Crippen molar-refractivity contribution in [1.82, 2.24) is 10.2 Å². The van der Waals surface area contributed by atoms with Crippen LogP contribution in [-0.4, -0.2) is 61.4 Å². The van der Waals surface area contributed by atoms with Crippen molar-refractivity contribution in [1.29, 1.82) is 0 Å². The number of aliphatic hydroxyl groups excluding tert-OH is 1. The van der Waals surface area contributed by atoms with Gasteiger partial charge in [0, 0.05) is 36.8 Å². The number of ether oxygens (including phenoxy) is 1. The molecule has 1 aromatic carbocycles. The van der Waals surface area contributed by atoms with Crippen LogP contribution in [0.5, 0.6) is 0 Å². The number of aliphatic hydroxyl groups is 1. The highest BCUT2D eigenvalue weighted by atomic mass is 35.5. The van der Waals surface area contributed by atoms with Gasteiger partial charge in [-0.2, -0.15) is 0 Å². The molecule has 0 spiro atoms. The Labute approximate surface area is 129 Å². The fourth-order valence-electron chi connectivity index (χ4n) is 2.31. The summed E-state index contributed by atoms with van der Waals surface area (Å²) in [5, 5.41) is 13.3. The normalized spacial score (nSPS) is 17.5. The number of amides is 1. The Morgan fingerprint density at radius 3 is 2.90 bits per heavy atom. The Hall–Kier alpha value is -1.14. The number of halogens is 1.